The first-order valence-corrected chi connectivity index (χ1v) is 9.24. The number of carbonyl (C=O) groups is 1. The van der Waals surface area contributed by atoms with Crippen LogP contribution >= 0.6 is 0 Å². The zero-order valence-corrected chi connectivity index (χ0v) is 14.5. The molecule has 2 heteroatoms. The molecule has 2 rings (SSSR count). The van der Waals surface area contributed by atoms with Crippen LogP contribution in [0.2, 0.25) is 0 Å². The van der Waals surface area contributed by atoms with Gasteiger partial charge in [-0.15, -0.1) is 4.57 Å². The molecule has 1 heterocycles. The number of fused-ring (bicyclic) bond motifs is 1. The second-order valence-corrected chi connectivity index (χ2v) is 6.45. The average molecular weight is 312 g/mol. The van der Waals surface area contributed by atoms with Gasteiger partial charge in [-0.1, -0.05) is 76.5 Å². The van der Waals surface area contributed by atoms with Crippen LogP contribution in [0.5, 0.6) is 0 Å². The number of aromatic nitrogens is 1. The molecule has 0 saturated heterocycles. The van der Waals surface area contributed by atoms with Crippen molar-refractivity contribution in [3.8, 4) is 0 Å². The number of hydrogen-bond acceptors (Lipinski definition) is 1. The van der Waals surface area contributed by atoms with E-state index in [0.717, 1.165) is 11.8 Å². The smallest absolute Gasteiger partial charge is 0.219 e. The standard InChI is InChI=1S/C21H30NO/c1-2-3-4-5-6-7-8-9-10-15-21(23)22-17-16-19-13-11-12-14-20(19)18-22/h11-14,16-18H,2-10,15H2,1H3/q+1. The van der Waals surface area contributed by atoms with Crippen LogP contribution in [0.4, 0.5) is 0 Å². The van der Waals surface area contributed by atoms with Crippen molar-refractivity contribution >= 4 is 16.7 Å². The highest BCUT2D eigenvalue weighted by atomic mass is 16.1. The van der Waals surface area contributed by atoms with Crippen LogP contribution in [0.15, 0.2) is 42.7 Å². The molecule has 0 N–H and O–H groups in total. The van der Waals surface area contributed by atoms with E-state index in [4.69, 9.17) is 0 Å². The molecular formula is C21H30NO+. The van der Waals surface area contributed by atoms with Crippen molar-refractivity contribution in [3.63, 3.8) is 0 Å². The van der Waals surface area contributed by atoms with Crippen LogP contribution in [0.3, 0.4) is 0 Å². The molecule has 0 aliphatic rings. The quantitative estimate of drug-likeness (QED) is 0.408. The van der Waals surface area contributed by atoms with Gasteiger partial charge in [0.2, 0.25) is 0 Å². The van der Waals surface area contributed by atoms with Crippen molar-refractivity contribution < 1.29 is 9.36 Å². The monoisotopic (exact) mass is 312 g/mol. The second kappa shape index (κ2) is 10.1. The summed E-state index contributed by atoms with van der Waals surface area (Å²) >= 11 is 0. The largest absolute Gasteiger partial charge is 0.392 e. The number of hydrogen-bond donors (Lipinski definition) is 0. The Bertz CT molecular complexity index is 606. The van der Waals surface area contributed by atoms with Crippen molar-refractivity contribution in [2.24, 2.45) is 0 Å². The van der Waals surface area contributed by atoms with Gasteiger partial charge in [-0.2, -0.15) is 0 Å². The molecule has 2 aromatic rings. The number of unbranched alkanes of at least 4 members (excludes halogenated alkanes) is 8. The van der Waals surface area contributed by atoms with E-state index in [-0.39, 0.29) is 5.91 Å². The van der Waals surface area contributed by atoms with Gasteiger partial charge in [0.1, 0.15) is 0 Å². The molecule has 0 saturated carbocycles. The van der Waals surface area contributed by atoms with Gasteiger partial charge >= 0.3 is 5.91 Å². The highest BCUT2D eigenvalue weighted by molar-refractivity contribution is 5.81. The lowest BCUT2D eigenvalue weighted by atomic mass is 10.1. The number of pyridine rings is 1. The molecule has 0 radical (unpaired) electrons. The zero-order valence-electron chi connectivity index (χ0n) is 14.5. The fourth-order valence-electron chi connectivity index (χ4n) is 3.00. The Kier molecular flexibility index (Phi) is 7.79. The van der Waals surface area contributed by atoms with Crippen LogP contribution in [0.25, 0.3) is 10.8 Å². The van der Waals surface area contributed by atoms with Gasteiger partial charge in [0.15, 0.2) is 12.4 Å². The van der Waals surface area contributed by atoms with E-state index in [2.05, 4.69) is 19.1 Å². The third kappa shape index (κ3) is 6.13. The van der Waals surface area contributed by atoms with Gasteiger partial charge in [0.25, 0.3) is 0 Å². The first-order chi connectivity index (χ1) is 11.3. The van der Waals surface area contributed by atoms with E-state index in [0.29, 0.717) is 6.42 Å². The Morgan fingerprint density at radius 2 is 1.43 bits per heavy atom. The summed E-state index contributed by atoms with van der Waals surface area (Å²) in [6.07, 6.45) is 16.1. The molecule has 0 atom stereocenters. The van der Waals surface area contributed by atoms with E-state index in [1.54, 1.807) is 4.57 Å². The first-order valence-electron chi connectivity index (χ1n) is 9.24. The SMILES string of the molecule is CCCCCCCCCCCC(=O)[n+]1ccc2ccccc2c1. The topological polar surface area (TPSA) is 20.9 Å². The Morgan fingerprint density at radius 1 is 0.826 bits per heavy atom. The summed E-state index contributed by atoms with van der Waals surface area (Å²) in [5, 5.41) is 2.30. The number of carbonyl (C=O) groups excluding carboxylic acids is 1. The lowest BCUT2D eigenvalue weighted by Crippen LogP contribution is -2.41. The minimum Gasteiger partial charge on any atom is -0.219 e. The van der Waals surface area contributed by atoms with Gasteiger partial charge < -0.3 is 0 Å². The average Bonchev–Trinajstić information content (AvgIpc) is 2.59. The molecule has 1 aromatic carbocycles. The highest BCUT2D eigenvalue weighted by Gasteiger charge is 2.13. The van der Waals surface area contributed by atoms with Crippen molar-refractivity contribution in [1.29, 1.82) is 0 Å². The second-order valence-electron chi connectivity index (χ2n) is 6.45. The van der Waals surface area contributed by atoms with Crippen LogP contribution in [0, 0.1) is 0 Å². The van der Waals surface area contributed by atoms with E-state index < -0.39 is 0 Å². The van der Waals surface area contributed by atoms with Gasteiger partial charge in [-0.25, -0.2) is 4.79 Å². The summed E-state index contributed by atoms with van der Waals surface area (Å²) < 4.78 is 1.74. The molecule has 0 bridgehead atoms. The third-order valence-electron chi connectivity index (χ3n) is 4.47. The number of rotatable bonds is 10. The summed E-state index contributed by atoms with van der Waals surface area (Å²) in [6, 6.07) is 10.2. The molecule has 2 nitrogen and oxygen atoms in total. The van der Waals surface area contributed by atoms with E-state index >= 15 is 0 Å². The molecule has 23 heavy (non-hydrogen) atoms. The number of benzene rings is 1. The summed E-state index contributed by atoms with van der Waals surface area (Å²) in [5.74, 6) is 0.207. The third-order valence-corrected chi connectivity index (χ3v) is 4.47. The van der Waals surface area contributed by atoms with Gasteiger partial charge in [0.05, 0.1) is 6.42 Å². The molecule has 0 amide bonds. The fraction of sp³-hybridized carbons (Fsp3) is 0.524. The summed E-state index contributed by atoms with van der Waals surface area (Å²) in [7, 11) is 0. The lowest BCUT2D eigenvalue weighted by molar-refractivity contribution is -0.573. The highest BCUT2D eigenvalue weighted by Crippen LogP contribution is 2.12. The van der Waals surface area contributed by atoms with E-state index in [9.17, 15) is 4.79 Å². The van der Waals surface area contributed by atoms with Gasteiger partial charge in [0, 0.05) is 11.5 Å². The Balaban J connectivity index is 1.64. The molecule has 0 spiro atoms. The summed E-state index contributed by atoms with van der Waals surface area (Å²) in [5.41, 5.74) is 0. The molecule has 0 aliphatic heterocycles. The minimum atomic E-state index is 0.207. The van der Waals surface area contributed by atoms with E-state index in [1.165, 1.54) is 56.8 Å². The van der Waals surface area contributed by atoms with E-state index in [1.807, 2.05) is 30.6 Å². The molecule has 1 aromatic heterocycles. The Morgan fingerprint density at radius 3 is 2.13 bits per heavy atom. The number of nitrogens with zero attached hydrogens (tertiary/aromatic N) is 1. The Hall–Kier alpha value is -1.70. The Labute approximate surface area is 140 Å². The molecule has 0 unspecified atom stereocenters. The molecule has 0 fully saturated rings. The van der Waals surface area contributed by atoms with Gasteiger partial charge in [-0.3, -0.25) is 0 Å². The van der Waals surface area contributed by atoms with Gasteiger partial charge in [-0.05, 0) is 17.9 Å². The normalized spacial score (nSPS) is 11.0. The van der Waals surface area contributed by atoms with Crippen molar-refractivity contribution in [2.45, 2.75) is 71.1 Å². The van der Waals surface area contributed by atoms with Crippen molar-refractivity contribution in [3.05, 3.63) is 42.7 Å². The summed E-state index contributed by atoms with van der Waals surface area (Å²) in [6.45, 7) is 2.25. The molecule has 124 valence electrons. The van der Waals surface area contributed by atoms with Crippen LogP contribution in [-0.4, -0.2) is 5.91 Å². The maximum absolute atomic E-state index is 12.3. The predicted molar refractivity (Wildman–Crippen MR) is 96.6 cm³/mol. The predicted octanol–water partition coefficient (Wildman–Crippen LogP) is 5.69. The van der Waals surface area contributed by atoms with Crippen LogP contribution in [0.1, 0.15) is 75.9 Å². The summed E-state index contributed by atoms with van der Waals surface area (Å²) in [4.78, 5) is 12.3. The fourth-order valence-corrected chi connectivity index (χ4v) is 3.00. The zero-order chi connectivity index (χ0) is 16.3. The molecule has 0 aliphatic carbocycles. The maximum Gasteiger partial charge on any atom is 0.392 e. The van der Waals surface area contributed by atoms with Crippen LogP contribution in [-0.2, 0) is 0 Å². The minimum absolute atomic E-state index is 0.207. The van der Waals surface area contributed by atoms with Crippen LogP contribution < -0.4 is 4.57 Å². The van der Waals surface area contributed by atoms with Crippen molar-refractivity contribution in [2.75, 3.05) is 0 Å². The maximum atomic E-state index is 12.3. The first kappa shape index (κ1) is 17.7. The van der Waals surface area contributed by atoms with Crippen molar-refractivity contribution in [1.82, 2.24) is 0 Å². The lowest BCUT2D eigenvalue weighted by Gasteiger charge is -2.01. The molecular weight excluding hydrogens is 282 g/mol.